The van der Waals surface area contributed by atoms with Crippen LogP contribution in [0.5, 0.6) is 11.5 Å². The van der Waals surface area contributed by atoms with Crippen LogP contribution in [0.4, 0.5) is 10.5 Å². The molecule has 2 aromatic carbocycles. The summed E-state index contributed by atoms with van der Waals surface area (Å²) in [6.07, 6.45) is 1.44. The molecule has 5 rings (SSSR count). The highest BCUT2D eigenvalue weighted by Crippen LogP contribution is 2.35. The summed E-state index contributed by atoms with van der Waals surface area (Å²) in [5.41, 5.74) is 2.03. The van der Waals surface area contributed by atoms with Crippen LogP contribution in [-0.4, -0.2) is 46.4 Å². The van der Waals surface area contributed by atoms with E-state index in [1.54, 1.807) is 49.4 Å². The van der Waals surface area contributed by atoms with Gasteiger partial charge in [-0.05, 0) is 60.6 Å². The number of carbonyl (C=O) groups is 4. The minimum absolute atomic E-state index is 0.101. The Hall–Kier alpha value is -4.51. The van der Waals surface area contributed by atoms with E-state index in [9.17, 15) is 19.2 Å². The number of furan rings is 1. The third-order valence-corrected chi connectivity index (χ3v) is 6.38. The van der Waals surface area contributed by atoms with Crippen molar-refractivity contribution in [2.45, 2.75) is 6.92 Å². The molecule has 2 N–H and O–H groups in total. The summed E-state index contributed by atoms with van der Waals surface area (Å²) in [6, 6.07) is 12.9. The molecule has 0 bridgehead atoms. The number of thioether (sulfide) groups is 1. The van der Waals surface area contributed by atoms with Gasteiger partial charge in [0, 0.05) is 23.4 Å². The monoisotopic (exact) mass is 506 g/mol. The van der Waals surface area contributed by atoms with Crippen molar-refractivity contribution in [3.63, 3.8) is 0 Å². The van der Waals surface area contributed by atoms with Crippen LogP contribution in [0.25, 0.3) is 17.4 Å². The Labute approximate surface area is 208 Å². The topological polar surface area (TPSA) is 135 Å². The maximum atomic E-state index is 12.8. The van der Waals surface area contributed by atoms with Crippen molar-refractivity contribution in [1.82, 2.24) is 4.90 Å². The Bertz CT molecular complexity index is 1460. The zero-order valence-corrected chi connectivity index (χ0v) is 19.6. The number of hydrogen-bond donors (Lipinski definition) is 2. The second-order valence-electron chi connectivity index (χ2n) is 7.92. The summed E-state index contributed by atoms with van der Waals surface area (Å²) >= 11 is 0.711. The smallest absolute Gasteiger partial charge is 0.335 e. The van der Waals surface area contributed by atoms with Gasteiger partial charge in [-0.3, -0.25) is 19.3 Å². The molecule has 0 spiro atoms. The Morgan fingerprint density at radius 3 is 2.67 bits per heavy atom. The lowest BCUT2D eigenvalue weighted by Gasteiger charge is -2.12. The molecule has 1 aromatic heterocycles. The fourth-order valence-electron chi connectivity index (χ4n) is 3.73. The van der Waals surface area contributed by atoms with Gasteiger partial charge in [-0.1, -0.05) is 6.07 Å². The molecule has 0 saturated carbocycles. The zero-order chi connectivity index (χ0) is 25.4. The summed E-state index contributed by atoms with van der Waals surface area (Å²) in [6.45, 7) is 1.42. The van der Waals surface area contributed by atoms with Crippen LogP contribution in [-0.2, 0) is 9.59 Å². The van der Waals surface area contributed by atoms with Gasteiger partial charge in [0.25, 0.3) is 11.1 Å². The average molecular weight is 506 g/mol. The number of nitrogens with one attached hydrogen (secondary N) is 1. The first-order valence-electron chi connectivity index (χ1n) is 10.7. The number of aromatic carboxylic acids is 1. The molecular formula is C25H18N2O8S. The molecule has 2 aliphatic heterocycles. The lowest BCUT2D eigenvalue weighted by atomic mass is 10.0. The SMILES string of the molecule is Cc1cc(C(=O)O)ccc1-c1ccc(/C=C2/SC(=O)N(CC(=O)Nc3ccc4c(c3)OCO4)C2=O)o1. The van der Waals surface area contributed by atoms with Crippen molar-refractivity contribution in [3.8, 4) is 22.8 Å². The third kappa shape index (κ3) is 4.56. The molecule has 0 unspecified atom stereocenters. The molecule has 1 saturated heterocycles. The van der Waals surface area contributed by atoms with E-state index in [1.165, 1.54) is 12.1 Å². The van der Waals surface area contributed by atoms with E-state index in [2.05, 4.69) is 5.32 Å². The van der Waals surface area contributed by atoms with Gasteiger partial charge in [-0.15, -0.1) is 0 Å². The van der Waals surface area contributed by atoms with Gasteiger partial charge in [-0.25, -0.2) is 4.79 Å². The highest BCUT2D eigenvalue weighted by atomic mass is 32.2. The van der Waals surface area contributed by atoms with Crippen LogP contribution in [0.15, 0.2) is 57.9 Å². The van der Waals surface area contributed by atoms with Crippen molar-refractivity contribution >= 4 is 46.5 Å². The largest absolute Gasteiger partial charge is 0.478 e. The van der Waals surface area contributed by atoms with Crippen molar-refractivity contribution < 1.29 is 38.2 Å². The Kier molecular flexibility index (Phi) is 5.98. The van der Waals surface area contributed by atoms with Crippen molar-refractivity contribution in [1.29, 1.82) is 0 Å². The van der Waals surface area contributed by atoms with Crippen LogP contribution in [0.1, 0.15) is 21.7 Å². The maximum Gasteiger partial charge on any atom is 0.335 e. The van der Waals surface area contributed by atoms with E-state index >= 15 is 0 Å². The number of carbonyl (C=O) groups excluding carboxylic acids is 3. The number of carboxylic acids is 1. The Morgan fingerprint density at radius 1 is 1.08 bits per heavy atom. The molecule has 3 aromatic rings. The van der Waals surface area contributed by atoms with Gasteiger partial charge in [0.05, 0.1) is 10.5 Å². The summed E-state index contributed by atoms with van der Waals surface area (Å²) in [5, 5.41) is 11.2. The Morgan fingerprint density at radius 2 is 1.89 bits per heavy atom. The number of ether oxygens (including phenoxy) is 2. The van der Waals surface area contributed by atoms with E-state index in [4.69, 9.17) is 19.0 Å². The fraction of sp³-hybridized carbons (Fsp3) is 0.120. The first-order chi connectivity index (χ1) is 17.3. The molecule has 10 nitrogen and oxygen atoms in total. The average Bonchev–Trinajstić information content (AvgIpc) is 3.55. The molecular weight excluding hydrogens is 488 g/mol. The normalized spacial score (nSPS) is 15.6. The number of fused-ring (bicyclic) bond motifs is 1. The van der Waals surface area contributed by atoms with Crippen molar-refractivity contribution in [3.05, 3.63) is 70.3 Å². The molecule has 3 amide bonds. The summed E-state index contributed by atoms with van der Waals surface area (Å²) in [7, 11) is 0. The van der Waals surface area contributed by atoms with E-state index in [-0.39, 0.29) is 17.3 Å². The first kappa shape index (κ1) is 23.2. The third-order valence-electron chi connectivity index (χ3n) is 5.47. The predicted molar refractivity (Wildman–Crippen MR) is 130 cm³/mol. The molecule has 36 heavy (non-hydrogen) atoms. The van der Waals surface area contributed by atoms with E-state index < -0.39 is 29.6 Å². The second-order valence-corrected chi connectivity index (χ2v) is 8.91. The summed E-state index contributed by atoms with van der Waals surface area (Å²) < 4.78 is 16.3. The van der Waals surface area contributed by atoms with Crippen molar-refractivity contribution in [2.24, 2.45) is 0 Å². The first-order valence-corrected chi connectivity index (χ1v) is 11.5. The van der Waals surface area contributed by atoms with Gasteiger partial charge >= 0.3 is 5.97 Å². The van der Waals surface area contributed by atoms with Crippen LogP contribution < -0.4 is 14.8 Å². The zero-order valence-electron chi connectivity index (χ0n) is 18.8. The highest BCUT2D eigenvalue weighted by molar-refractivity contribution is 8.18. The lowest BCUT2D eigenvalue weighted by molar-refractivity contribution is -0.127. The van der Waals surface area contributed by atoms with E-state index in [0.717, 1.165) is 4.90 Å². The number of benzene rings is 2. The number of rotatable bonds is 6. The highest BCUT2D eigenvalue weighted by Gasteiger charge is 2.36. The van der Waals surface area contributed by atoms with Crippen LogP contribution in [0.3, 0.4) is 0 Å². The molecule has 0 radical (unpaired) electrons. The minimum Gasteiger partial charge on any atom is -0.478 e. The molecule has 11 heteroatoms. The number of carboxylic acid groups (broad SMARTS) is 1. The summed E-state index contributed by atoms with van der Waals surface area (Å²) in [4.78, 5) is 49.8. The van der Waals surface area contributed by atoms with E-state index in [1.807, 2.05) is 0 Å². The minimum atomic E-state index is -1.02. The van der Waals surface area contributed by atoms with Crippen molar-refractivity contribution in [2.75, 3.05) is 18.7 Å². The van der Waals surface area contributed by atoms with Crippen LogP contribution >= 0.6 is 11.8 Å². The number of amides is 3. The molecule has 1 fully saturated rings. The number of aryl methyl sites for hydroxylation is 1. The number of imide groups is 1. The molecule has 0 aliphatic carbocycles. The fourth-order valence-corrected chi connectivity index (χ4v) is 4.55. The Balaban J connectivity index is 1.27. The molecule has 3 heterocycles. The van der Waals surface area contributed by atoms with Crippen LogP contribution in [0, 0.1) is 6.92 Å². The second kappa shape index (κ2) is 9.27. The van der Waals surface area contributed by atoms with Crippen LogP contribution in [0.2, 0.25) is 0 Å². The lowest BCUT2D eigenvalue weighted by Crippen LogP contribution is -2.36. The molecule has 0 atom stereocenters. The van der Waals surface area contributed by atoms with Gasteiger partial charge in [0.15, 0.2) is 11.5 Å². The van der Waals surface area contributed by atoms with Gasteiger partial charge in [0.1, 0.15) is 18.1 Å². The quantitative estimate of drug-likeness (QED) is 0.468. The number of hydrogen-bond acceptors (Lipinski definition) is 8. The standard InChI is InChI=1S/C25H18N2O8S/c1-13-8-14(24(30)31)2-5-17(13)18-7-4-16(35-18)10-21-23(29)27(25(32)36-21)11-22(28)26-15-3-6-19-20(9-15)34-12-33-19/h2-10H,11-12H2,1H3,(H,26,28)(H,30,31)/b21-10+. The predicted octanol–water partition coefficient (Wildman–Crippen LogP) is 4.36. The number of nitrogens with zero attached hydrogens (tertiary/aromatic N) is 1. The van der Waals surface area contributed by atoms with Gasteiger partial charge < -0.3 is 24.3 Å². The maximum absolute atomic E-state index is 12.8. The molecule has 182 valence electrons. The number of anilines is 1. The molecule has 2 aliphatic rings. The van der Waals surface area contributed by atoms with Gasteiger partial charge in [0.2, 0.25) is 12.7 Å². The van der Waals surface area contributed by atoms with E-state index in [0.29, 0.717) is 51.6 Å². The van der Waals surface area contributed by atoms with Gasteiger partial charge in [-0.2, -0.15) is 0 Å². The summed E-state index contributed by atoms with van der Waals surface area (Å²) in [5.74, 6) is -0.292.